The Morgan fingerprint density at radius 1 is 1.00 bits per heavy atom. The number of benzene rings is 3. The third kappa shape index (κ3) is 2.29. The number of carbonyl (C=O) groups excluding carboxylic acids is 1. The molecule has 0 unspecified atom stereocenters. The Kier molecular flexibility index (Phi) is 4.88. The smallest absolute Gasteiger partial charge is 0.252 e. The summed E-state index contributed by atoms with van der Waals surface area (Å²) < 4.78 is 10.9. The van der Waals surface area contributed by atoms with Crippen molar-refractivity contribution in [3.05, 3.63) is 59.7 Å². The van der Waals surface area contributed by atoms with Gasteiger partial charge in [0, 0.05) is 34.5 Å². The molecule has 9 N–H and O–H groups in total. The minimum absolute atomic E-state index is 0. The monoisotopic (exact) mass is 493 g/mol. The number of ether oxygens (including phenoxy) is 1. The van der Waals surface area contributed by atoms with E-state index in [-0.39, 0.29) is 28.8 Å². The van der Waals surface area contributed by atoms with E-state index in [1.54, 1.807) is 0 Å². The number of aliphatic hydroxyl groups is 2. The van der Waals surface area contributed by atoms with E-state index in [1.165, 1.54) is 0 Å². The summed E-state index contributed by atoms with van der Waals surface area (Å²) in [5.74, 6) is -0.0555. The van der Waals surface area contributed by atoms with Gasteiger partial charge >= 0.3 is 0 Å². The van der Waals surface area contributed by atoms with Gasteiger partial charge in [-0.25, -0.2) is 0 Å². The zero-order valence-electron chi connectivity index (χ0n) is 19.4. The predicted molar refractivity (Wildman–Crippen MR) is 135 cm³/mol. The zero-order chi connectivity index (χ0) is 22.3. The van der Waals surface area contributed by atoms with Crippen LogP contribution in [0.3, 0.4) is 0 Å². The highest BCUT2D eigenvalue weighted by Crippen LogP contribution is 2.57. The molecule has 0 aliphatic carbocycles. The van der Waals surface area contributed by atoms with E-state index >= 15 is 0 Å². The molecular formula is C26H27N3O7. The maximum absolute atomic E-state index is 13.2. The van der Waals surface area contributed by atoms with Crippen molar-refractivity contribution in [3.8, 4) is 0 Å². The highest BCUT2D eigenvalue weighted by molar-refractivity contribution is 6.31. The average Bonchev–Trinajstić information content (AvgIpc) is 3.51. The first-order valence-corrected chi connectivity index (χ1v) is 11.3. The Morgan fingerprint density at radius 3 is 2.33 bits per heavy atom. The van der Waals surface area contributed by atoms with Gasteiger partial charge in [-0.2, -0.15) is 0 Å². The summed E-state index contributed by atoms with van der Waals surface area (Å²) in [5, 5.41) is 29.1. The van der Waals surface area contributed by atoms with Crippen molar-refractivity contribution >= 4 is 49.5 Å². The number of nitrogens with zero attached hydrogens (tertiary/aromatic N) is 2. The van der Waals surface area contributed by atoms with Gasteiger partial charge in [0.2, 0.25) is 0 Å². The lowest BCUT2D eigenvalue weighted by Crippen LogP contribution is -2.53. The fourth-order valence-electron chi connectivity index (χ4n) is 6.73. The lowest BCUT2D eigenvalue weighted by Gasteiger charge is -2.38. The standard InChI is InChI=1S/C26H21N3O4.3H2O/c1-25-26(32,12-30)10-18(33-25)28-16-8-4-2-6-13(16)20-21-15(11-27-24(21)31)19-14-7-3-5-9-17(14)29(25)23(19)22(20)28;;;/h2-9,18,30,32H,10-12H2,1H3,(H,27,31);3*1H2/t18-,25+,26+;;;/m1.../s1. The van der Waals surface area contributed by atoms with E-state index in [0.717, 1.165) is 54.7 Å². The molecule has 2 aromatic heterocycles. The van der Waals surface area contributed by atoms with Crippen molar-refractivity contribution in [3.63, 3.8) is 0 Å². The second kappa shape index (κ2) is 7.26. The van der Waals surface area contributed by atoms with Gasteiger partial charge in [0.25, 0.3) is 5.91 Å². The van der Waals surface area contributed by atoms with E-state index in [0.29, 0.717) is 6.54 Å². The highest BCUT2D eigenvalue weighted by atomic mass is 16.6. The van der Waals surface area contributed by atoms with Crippen LogP contribution in [0.2, 0.25) is 0 Å². The zero-order valence-corrected chi connectivity index (χ0v) is 19.4. The fourth-order valence-corrected chi connectivity index (χ4v) is 6.73. The van der Waals surface area contributed by atoms with E-state index in [2.05, 4.69) is 20.5 Å². The van der Waals surface area contributed by atoms with Crippen molar-refractivity contribution in [2.75, 3.05) is 6.61 Å². The first-order valence-electron chi connectivity index (χ1n) is 11.3. The van der Waals surface area contributed by atoms with Crippen LogP contribution < -0.4 is 5.32 Å². The molecular weight excluding hydrogens is 466 g/mol. The van der Waals surface area contributed by atoms with Crippen LogP contribution in [-0.2, 0) is 17.0 Å². The summed E-state index contributed by atoms with van der Waals surface area (Å²) in [7, 11) is 0. The minimum Gasteiger partial charge on any atom is -0.412 e. The summed E-state index contributed by atoms with van der Waals surface area (Å²) in [6.07, 6.45) is -0.247. The number of nitrogens with one attached hydrogen (secondary N) is 1. The number of aromatic nitrogens is 2. The van der Waals surface area contributed by atoms with Gasteiger partial charge in [0.15, 0.2) is 5.72 Å². The van der Waals surface area contributed by atoms with Crippen molar-refractivity contribution in [2.45, 2.75) is 37.4 Å². The average molecular weight is 494 g/mol. The number of hydrogen-bond donors (Lipinski definition) is 3. The van der Waals surface area contributed by atoms with Crippen LogP contribution in [0, 0.1) is 0 Å². The van der Waals surface area contributed by atoms with Gasteiger partial charge < -0.3 is 45.8 Å². The SMILES string of the molecule is C[C@]12O[C@H](C[C@]1(O)CO)n1c3ccccc3c3c4c(c5c6ccccc6n2c5c31)CNC4=O.O.O.O. The Morgan fingerprint density at radius 2 is 1.64 bits per heavy atom. The Bertz CT molecular complexity index is 1740. The van der Waals surface area contributed by atoms with E-state index in [1.807, 2.05) is 49.4 Å². The number of aliphatic hydroxyl groups excluding tert-OH is 1. The van der Waals surface area contributed by atoms with Gasteiger partial charge in [-0.1, -0.05) is 36.4 Å². The van der Waals surface area contributed by atoms with E-state index in [9.17, 15) is 15.0 Å². The second-order valence-electron chi connectivity index (χ2n) is 9.67. The topological polar surface area (TPSA) is 183 Å². The number of amides is 1. The second-order valence-corrected chi connectivity index (χ2v) is 9.67. The molecule has 36 heavy (non-hydrogen) atoms. The first-order chi connectivity index (χ1) is 16.0. The highest BCUT2D eigenvalue weighted by Gasteiger charge is 2.60. The summed E-state index contributed by atoms with van der Waals surface area (Å²) in [5.41, 5.74) is 2.80. The van der Waals surface area contributed by atoms with Crippen LogP contribution in [0.15, 0.2) is 48.5 Å². The molecule has 188 valence electrons. The molecule has 0 spiro atoms. The molecule has 3 aromatic carbocycles. The van der Waals surface area contributed by atoms with Gasteiger partial charge in [-0.05, 0) is 24.6 Å². The molecule has 10 heteroatoms. The third-order valence-electron chi connectivity index (χ3n) is 8.23. The van der Waals surface area contributed by atoms with Crippen LogP contribution >= 0.6 is 0 Å². The first kappa shape index (κ1) is 24.2. The van der Waals surface area contributed by atoms with Crippen molar-refractivity contribution < 1.29 is 36.2 Å². The van der Waals surface area contributed by atoms with E-state index in [4.69, 9.17) is 4.74 Å². The molecule has 0 radical (unpaired) electrons. The lowest BCUT2D eigenvalue weighted by atomic mass is 9.89. The fraction of sp³-hybridized carbons (Fsp3) is 0.269. The normalized spacial score (nSPS) is 25.5. The molecule has 3 atom stereocenters. The van der Waals surface area contributed by atoms with Crippen molar-refractivity contribution in [1.29, 1.82) is 0 Å². The van der Waals surface area contributed by atoms with Gasteiger partial charge in [-0.15, -0.1) is 0 Å². The molecule has 5 heterocycles. The van der Waals surface area contributed by atoms with Crippen LogP contribution in [0.5, 0.6) is 0 Å². The third-order valence-corrected chi connectivity index (χ3v) is 8.23. The minimum atomic E-state index is -1.48. The van der Waals surface area contributed by atoms with Crippen LogP contribution in [0.1, 0.15) is 35.5 Å². The van der Waals surface area contributed by atoms with Crippen molar-refractivity contribution in [2.24, 2.45) is 0 Å². The van der Waals surface area contributed by atoms with Crippen molar-refractivity contribution in [1.82, 2.24) is 14.5 Å². The van der Waals surface area contributed by atoms with E-state index < -0.39 is 24.2 Å². The van der Waals surface area contributed by atoms with Crippen LogP contribution in [-0.4, -0.2) is 53.9 Å². The number of hydrogen-bond acceptors (Lipinski definition) is 4. The van der Waals surface area contributed by atoms with Crippen LogP contribution in [0.25, 0.3) is 43.6 Å². The summed E-state index contributed by atoms with van der Waals surface area (Å²) in [6.45, 7) is 1.91. The lowest BCUT2D eigenvalue weighted by molar-refractivity contribution is -0.189. The Balaban J connectivity index is 0.000000889. The summed E-state index contributed by atoms with van der Waals surface area (Å²) >= 11 is 0. The molecule has 3 aliphatic rings. The van der Waals surface area contributed by atoms with Gasteiger partial charge in [-0.3, -0.25) is 4.79 Å². The summed E-state index contributed by atoms with van der Waals surface area (Å²) in [4.78, 5) is 13.2. The van der Waals surface area contributed by atoms with Gasteiger partial charge in [0.1, 0.15) is 11.8 Å². The molecule has 5 aromatic rings. The molecule has 8 rings (SSSR count). The van der Waals surface area contributed by atoms with Crippen LogP contribution in [0.4, 0.5) is 0 Å². The Labute approximate surface area is 204 Å². The number of rotatable bonds is 1. The molecule has 0 saturated carbocycles. The maximum atomic E-state index is 13.2. The summed E-state index contributed by atoms with van der Waals surface area (Å²) in [6, 6.07) is 16.1. The molecule has 1 fully saturated rings. The number of carbonyl (C=O) groups is 1. The molecule has 10 nitrogen and oxygen atoms in total. The quantitative estimate of drug-likeness (QED) is 0.315. The number of fused-ring (bicyclic) bond motifs is 13. The molecule has 2 bridgehead atoms. The number of para-hydroxylation sites is 2. The molecule has 1 amide bonds. The Hall–Kier alpha value is -3.51. The maximum Gasteiger partial charge on any atom is 0.252 e. The van der Waals surface area contributed by atoms with Gasteiger partial charge in [0.05, 0.1) is 34.2 Å². The largest absolute Gasteiger partial charge is 0.412 e. The molecule has 3 aliphatic heterocycles. The predicted octanol–water partition coefficient (Wildman–Crippen LogP) is 1.00. The molecule has 1 saturated heterocycles.